The van der Waals surface area contributed by atoms with Gasteiger partial charge in [0, 0.05) is 31.0 Å². The number of benzene rings is 1. The molecule has 134 valence electrons. The molecule has 7 nitrogen and oxygen atoms in total. The van der Waals surface area contributed by atoms with Crippen LogP contribution in [0.5, 0.6) is 0 Å². The molecule has 1 aliphatic rings. The van der Waals surface area contributed by atoms with Crippen molar-refractivity contribution in [2.45, 2.75) is 18.9 Å². The Hall–Kier alpha value is -3.09. The lowest BCUT2D eigenvalue weighted by atomic mass is 10.1. The van der Waals surface area contributed by atoms with Gasteiger partial charge in [-0.25, -0.2) is 9.97 Å². The number of hydrogen-bond acceptors (Lipinski definition) is 5. The maximum Gasteiger partial charge on any atom is 0.239 e. The number of aromatic nitrogens is 3. The van der Waals surface area contributed by atoms with Gasteiger partial charge in [0.2, 0.25) is 5.91 Å². The molecule has 1 atom stereocenters. The number of carbonyl (C=O) groups excluding carboxylic acids is 1. The van der Waals surface area contributed by atoms with Crippen molar-refractivity contribution in [2.24, 2.45) is 0 Å². The van der Waals surface area contributed by atoms with Gasteiger partial charge in [0.05, 0.1) is 11.9 Å². The van der Waals surface area contributed by atoms with Crippen molar-refractivity contribution < 1.29 is 4.79 Å². The molecule has 0 bridgehead atoms. The standard InChI is InChI=1S/C19H22N6O/c26-17(11-21-14-5-2-1-3-6-14)24-15-7-4-10-25(12-15)19-16-8-9-20-18(16)22-13-23-19/h1-3,5-6,8-9,13,15,21H,4,7,10-12H2,(H,24,26)(H,20,22,23). The first kappa shape index (κ1) is 16.4. The Labute approximate surface area is 151 Å². The molecule has 0 aliphatic carbocycles. The molecule has 3 aromatic rings. The lowest BCUT2D eigenvalue weighted by Gasteiger charge is -2.34. The SMILES string of the molecule is O=C(CNc1ccccc1)NC1CCCN(c2ncnc3[nH]ccc23)C1. The van der Waals surface area contributed by atoms with E-state index in [4.69, 9.17) is 0 Å². The molecule has 0 saturated carbocycles. The molecular formula is C19H22N6O. The van der Waals surface area contributed by atoms with Gasteiger partial charge < -0.3 is 20.5 Å². The summed E-state index contributed by atoms with van der Waals surface area (Å²) in [4.78, 5) is 26.3. The number of fused-ring (bicyclic) bond motifs is 1. The lowest BCUT2D eigenvalue weighted by Crippen LogP contribution is -2.49. The van der Waals surface area contributed by atoms with E-state index in [-0.39, 0.29) is 18.5 Å². The summed E-state index contributed by atoms with van der Waals surface area (Å²) in [6, 6.07) is 11.9. The second kappa shape index (κ2) is 7.43. The summed E-state index contributed by atoms with van der Waals surface area (Å²) < 4.78 is 0. The number of hydrogen-bond donors (Lipinski definition) is 3. The lowest BCUT2D eigenvalue weighted by molar-refractivity contribution is -0.120. The van der Waals surface area contributed by atoms with E-state index in [0.717, 1.165) is 48.5 Å². The third kappa shape index (κ3) is 3.61. The van der Waals surface area contributed by atoms with E-state index >= 15 is 0 Å². The number of anilines is 2. The van der Waals surface area contributed by atoms with Crippen LogP contribution in [-0.2, 0) is 4.79 Å². The van der Waals surface area contributed by atoms with Crippen LogP contribution in [0.2, 0.25) is 0 Å². The van der Waals surface area contributed by atoms with E-state index in [0.29, 0.717) is 0 Å². The second-order valence-electron chi connectivity index (χ2n) is 6.51. The summed E-state index contributed by atoms with van der Waals surface area (Å²) >= 11 is 0. The predicted molar refractivity (Wildman–Crippen MR) is 102 cm³/mol. The summed E-state index contributed by atoms with van der Waals surface area (Å²) in [6.45, 7) is 1.97. The molecule has 1 aliphatic heterocycles. The highest BCUT2D eigenvalue weighted by Crippen LogP contribution is 2.24. The number of carbonyl (C=O) groups is 1. The molecule has 4 rings (SSSR count). The van der Waals surface area contributed by atoms with Gasteiger partial charge in [0.1, 0.15) is 17.8 Å². The smallest absolute Gasteiger partial charge is 0.239 e. The maximum absolute atomic E-state index is 12.3. The molecule has 1 unspecified atom stereocenters. The Morgan fingerprint density at radius 1 is 1.23 bits per heavy atom. The first-order valence-corrected chi connectivity index (χ1v) is 8.91. The minimum atomic E-state index is 0.00943. The Morgan fingerprint density at radius 3 is 3.00 bits per heavy atom. The highest BCUT2D eigenvalue weighted by molar-refractivity contribution is 5.87. The Kier molecular flexibility index (Phi) is 4.68. The normalized spacial score (nSPS) is 17.2. The molecule has 1 fully saturated rings. The van der Waals surface area contributed by atoms with E-state index in [9.17, 15) is 4.79 Å². The molecular weight excluding hydrogens is 328 g/mol. The van der Waals surface area contributed by atoms with Gasteiger partial charge in [-0.15, -0.1) is 0 Å². The Morgan fingerprint density at radius 2 is 2.12 bits per heavy atom. The van der Waals surface area contributed by atoms with E-state index < -0.39 is 0 Å². The van der Waals surface area contributed by atoms with E-state index in [1.54, 1.807) is 6.33 Å². The topological polar surface area (TPSA) is 85.9 Å². The summed E-state index contributed by atoms with van der Waals surface area (Å²) in [5.41, 5.74) is 1.79. The zero-order valence-electron chi connectivity index (χ0n) is 14.5. The zero-order chi connectivity index (χ0) is 17.8. The van der Waals surface area contributed by atoms with Crippen LogP contribution in [-0.4, -0.2) is 46.5 Å². The summed E-state index contributed by atoms with van der Waals surface area (Å²) in [5.74, 6) is 0.938. The largest absolute Gasteiger partial charge is 0.376 e. The average molecular weight is 350 g/mol. The van der Waals surface area contributed by atoms with Gasteiger partial charge in [-0.3, -0.25) is 4.79 Å². The van der Waals surface area contributed by atoms with Gasteiger partial charge in [-0.05, 0) is 31.0 Å². The second-order valence-corrected chi connectivity index (χ2v) is 6.51. The summed E-state index contributed by atoms with van der Waals surface area (Å²) in [6.07, 6.45) is 5.46. The highest BCUT2D eigenvalue weighted by Gasteiger charge is 2.23. The summed E-state index contributed by atoms with van der Waals surface area (Å²) in [5, 5.41) is 7.30. The van der Waals surface area contributed by atoms with Crippen molar-refractivity contribution in [3.05, 3.63) is 48.9 Å². The molecule has 26 heavy (non-hydrogen) atoms. The number of H-pyrrole nitrogens is 1. The maximum atomic E-state index is 12.3. The van der Waals surface area contributed by atoms with Crippen molar-refractivity contribution in [2.75, 3.05) is 29.9 Å². The van der Waals surface area contributed by atoms with E-state index in [1.807, 2.05) is 42.6 Å². The van der Waals surface area contributed by atoms with Crippen molar-refractivity contribution >= 4 is 28.4 Å². The van der Waals surface area contributed by atoms with Gasteiger partial charge in [0.25, 0.3) is 0 Å². The fourth-order valence-corrected chi connectivity index (χ4v) is 3.42. The number of para-hydroxylation sites is 1. The number of rotatable bonds is 5. The number of amides is 1. The molecule has 1 amide bonds. The number of nitrogens with zero attached hydrogens (tertiary/aromatic N) is 3. The third-order valence-electron chi connectivity index (χ3n) is 4.65. The van der Waals surface area contributed by atoms with Crippen LogP contribution in [0.1, 0.15) is 12.8 Å². The van der Waals surface area contributed by atoms with Crippen molar-refractivity contribution in [3.63, 3.8) is 0 Å². The molecule has 0 radical (unpaired) electrons. The first-order valence-electron chi connectivity index (χ1n) is 8.91. The minimum Gasteiger partial charge on any atom is -0.376 e. The molecule has 1 aromatic carbocycles. The number of nitrogens with one attached hydrogen (secondary N) is 3. The Balaban J connectivity index is 1.36. The number of aromatic amines is 1. The molecule has 3 heterocycles. The predicted octanol–water partition coefficient (Wildman–Crippen LogP) is 2.15. The van der Waals surface area contributed by atoms with Crippen LogP contribution in [0.15, 0.2) is 48.9 Å². The van der Waals surface area contributed by atoms with Crippen LogP contribution in [0.25, 0.3) is 11.0 Å². The van der Waals surface area contributed by atoms with Crippen molar-refractivity contribution in [1.29, 1.82) is 0 Å². The molecule has 1 saturated heterocycles. The summed E-state index contributed by atoms with van der Waals surface area (Å²) in [7, 11) is 0. The fraction of sp³-hybridized carbons (Fsp3) is 0.316. The van der Waals surface area contributed by atoms with Gasteiger partial charge >= 0.3 is 0 Å². The van der Waals surface area contributed by atoms with Crippen molar-refractivity contribution in [3.8, 4) is 0 Å². The van der Waals surface area contributed by atoms with E-state index in [1.165, 1.54) is 0 Å². The van der Waals surface area contributed by atoms with Gasteiger partial charge in [-0.2, -0.15) is 0 Å². The minimum absolute atomic E-state index is 0.00943. The average Bonchev–Trinajstić information content (AvgIpc) is 3.16. The molecule has 7 heteroatoms. The number of piperidine rings is 1. The zero-order valence-corrected chi connectivity index (χ0v) is 14.5. The van der Waals surface area contributed by atoms with Crippen LogP contribution < -0.4 is 15.5 Å². The molecule has 0 spiro atoms. The van der Waals surface area contributed by atoms with Gasteiger partial charge in [0.15, 0.2) is 0 Å². The van der Waals surface area contributed by atoms with Crippen LogP contribution >= 0.6 is 0 Å². The third-order valence-corrected chi connectivity index (χ3v) is 4.65. The fourth-order valence-electron chi connectivity index (χ4n) is 3.42. The van der Waals surface area contributed by atoms with Crippen LogP contribution in [0.3, 0.4) is 0 Å². The molecule has 2 aromatic heterocycles. The first-order chi connectivity index (χ1) is 12.8. The molecule has 3 N–H and O–H groups in total. The van der Waals surface area contributed by atoms with Crippen molar-refractivity contribution in [1.82, 2.24) is 20.3 Å². The van der Waals surface area contributed by atoms with Crippen LogP contribution in [0.4, 0.5) is 11.5 Å². The monoisotopic (exact) mass is 350 g/mol. The highest BCUT2D eigenvalue weighted by atomic mass is 16.2. The quantitative estimate of drug-likeness (QED) is 0.656. The Bertz CT molecular complexity index is 878. The van der Waals surface area contributed by atoms with Gasteiger partial charge in [-0.1, -0.05) is 18.2 Å². The van der Waals surface area contributed by atoms with Crippen LogP contribution in [0, 0.1) is 0 Å². The van der Waals surface area contributed by atoms with E-state index in [2.05, 4.69) is 30.5 Å².